The SMILES string of the molecule is O=C(OCc1ccc([N+](=O)[O-])cc1)c1ccc(-c2ccc(O)cc2)cc1. The van der Waals surface area contributed by atoms with Crippen molar-refractivity contribution in [3.8, 4) is 16.9 Å². The zero-order valence-corrected chi connectivity index (χ0v) is 13.7. The van der Waals surface area contributed by atoms with E-state index in [1.54, 1.807) is 60.7 Å². The van der Waals surface area contributed by atoms with Crippen molar-refractivity contribution in [2.45, 2.75) is 6.61 Å². The number of nitro benzene ring substituents is 1. The number of phenolic OH excluding ortho intramolecular Hbond substituents is 1. The van der Waals surface area contributed by atoms with Crippen molar-refractivity contribution >= 4 is 11.7 Å². The highest BCUT2D eigenvalue weighted by Crippen LogP contribution is 2.22. The predicted octanol–water partition coefficient (Wildman–Crippen LogP) is 4.32. The lowest BCUT2D eigenvalue weighted by Gasteiger charge is -2.06. The lowest BCUT2D eigenvalue weighted by atomic mass is 10.0. The summed E-state index contributed by atoms with van der Waals surface area (Å²) in [6.45, 7) is 0.0382. The third-order valence-corrected chi connectivity index (χ3v) is 3.84. The number of esters is 1. The van der Waals surface area contributed by atoms with Crippen LogP contribution in [0.5, 0.6) is 5.75 Å². The first kappa shape index (κ1) is 17.2. The number of nitrogens with zero attached hydrogens (tertiary/aromatic N) is 1. The van der Waals surface area contributed by atoms with Gasteiger partial charge in [0, 0.05) is 12.1 Å². The van der Waals surface area contributed by atoms with Gasteiger partial charge < -0.3 is 9.84 Å². The van der Waals surface area contributed by atoms with Gasteiger partial charge in [-0.25, -0.2) is 4.79 Å². The van der Waals surface area contributed by atoms with Crippen LogP contribution in [0.1, 0.15) is 15.9 Å². The molecule has 0 aromatic heterocycles. The van der Waals surface area contributed by atoms with Crippen molar-refractivity contribution in [3.63, 3.8) is 0 Å². The Morgan fingerprint density at radius 1 is 0.885 bits per heavy atom. The maximum absolute atomic E-state index is 12.1. The fourth-order valence-electron chi connectivity index (χ4n) is 2.40. The van der Waals surface area contributed by atoms with Gasteiger partial charge >= 0.3 is 5.97 Å². The zero-order valence-electron chi connectivity index (χ0n) is 13.7. The van der Waals surface area contributed by atoms with Crippen molar-refractivity contribution in [1.82, 2.24) is 0 Å². The van der Waals surface area contributed by atoms with Crippen molar-refractivity contribution in [3.05, 3.63) is 94.0 Å². The molecule has 3 aromatic carbocycles. The van der Waals surface area contributed by atoms with E-state index in [0.29, 0.717) is 11.1 Å². The molecular formula is C20H15NO5. The smallest absolute Gasteiger partial charge is 0.338 e. The topological polar surface area (TPSA) is 89.7 Å². The number of aromatic hydroxyl groups is 1. The minimum atomic E-state index is -0.481. The van der Waals surface area contributed by atoms with Crippen LogP contribution in [0.4, 0.5) is 5.69 Å². The summed E-state index contributed by atoms with van der Waals surface area (Å²) in [6.07, 6.45) is 0. The number of hydrogen-bond acceptors (Lipinski definition) is 5. The number of carbonyl (C=O) groups is 1. The average molecular weight is 349 g/mol. The molecule has 0 amide bonds. The van der Waals surface area contributed by atoms with Crippen molar-refractivity contribution in [2.75, 3.05) is 0 Å². The number of non-ortho nitro benzene ring substituents is 1. The summed E-state index contributed by atoms with van der Waals surface area (Å²) >= 11 is 0. The number of benzene rings is 3. The highest BCUT2D eigenvalue weighted by molar-refractivity contribution is 5.90. The predicted molar refractivity (Wildman–Crippen MR) is 95.8 cm³/mol. The van der Waals surface area contributed by atoms with E-state index in [9.17, 15) is 20.0 Å². The first-order valence-electron chi connectivity index (χ1n) is 7.83. The summed E-state index contributed by atoms with van der Waals surface area (Å²) in [5.41, 5.74) is 2.91. The van der Waals surface area contributed by atoms with Gasteiger partial charge in [-0.2, -0.15) is 0 Å². The van der Waals surface area contributed by atoms with E-state index in [-0.39, 0.29) is 18.0 Å². The molecule has 130 valence electrons. The summed E-state index contributed by atoms with van der Waals surface area (Å²) in [5.74, 6) is -0.277. The quantitative estimate of drug-likeness (QED) is 0.421. The van der Waals surface area contributed by atoms with Gasteiger partial charge in [-0.3, -0.25) is 10.1 Å². The van der Waals surface area contributed by atoms with Gasteiger partial charge in [-0.05, 0) is 53.1 Å². The summed E-state index contributed by atoms with van der Waals surface area (Å²) in [5, 5.41) is 19.9. The molecule has 3 aromatic rings. The van der Waals surface area contributed by atoms with E-state index in [0.717, 1.165) is 11.1 Å². The Kier molecular flexibility index (Phi) is 4.94. The Bertz CT molecular complexity index is 916. The van der Waals surface area contributed by atoms with Gasteiger partial charge in [0.1, 0.15) is 12.4 Å². The molecule has 0 aliphatic heterocycles. The number of phenols is 1. The molecule has 0 saturated heterocycles. The second-order valence-corrected chi connectivity index (χ2v) is 5.62. The van der Waals surface area contributed by atoms with Gasteiger partial charge in [-0.1, -0.05) is 24.3 Å². The summed E-state index contributed by atoms with van der Waals surface area (Å²) in [6, 6.07) is 19.6. The second kappa shape index (κ2) is 7.48. The highest BCUT2D eigenvalue weighted by Gasteiger charge is 2.09. The largest absolute Gasteiger partial charge is 0.508 e. The van der Waals surface area contributed by atoms with Gasteiger partial charge in [0.2, 0.25) is 0 Å². The molecule has 0 unspecified atom stereocenters. The molecule has 1 N–H and O–H groups in total. The van der Waals surface area contributed by atoms with Crippen LogP contribution in [-0.4, -0.2) is 16.0 Å². The number of nitro groups is 1. The number of rotatable bonds is 5. The lowest BCUT2D eigenvalue weighted by molar-refractivity contribution is -0.384. The van der Waals surface area contributed by atoms with Crippen LogP contribution < -0.4 is 0 Å². The molecule has 26 heavy (non-hydrogen) atoms. The van der Waals surface area contributed by atoms with Crippen molar-refractivity contribution in [1.29, 1.82) is 0 Å². The number of ether oxygens (including phenoxy) is 1. The van der Waals surface area contributed by atoms with Crippen LogP contribution >= 0.6 is 0 Å². The molecule has 0 saturated carbocycles. The van der Waals surface area contributed by atoms with E-state index in [4.69, 9.17) is 4.74 Å². The first-order valence-corrected chi connectivity index (χ1v) is 7.83. The molecule has 3 rings (SSSR count). The average Bonchev–Trinajstić information content (AvgIpc) is 2.67. The van der Waals surface area contributed by atoms with Crippen LogP contribution in [0.2, 0.25) is 0 Å². The van der Waals surface area contributed by atoms with Gasteiger partial charge in [0.05, 0.1) is 10.5 Å². The van der Waals surface area contributed by atoms with E-state index < -0.39 is 10.9 Å². The molecule has 0 bridgehead atoms. The third-order valence-electron chi connectivity index (χ3n) is 3.84. The van der Waals surface area contributed by atoms with Crippen molar-refractivity contribution in [2.24, 2.45) is 0 Å². The highest BCUT2D eigenvalue weighted by atomic mass is 16.6. The molecule has 0 radical (unpaired) electrons. The Balaban J connectivity index is 1.62. The minimum absolute atomic E-state index is 0.00936. The summed E-state index contributed by atoms with van der Waals surface area (Å²) in [7, 11) is 0. The fourth-order valence-corrected chi connectivity index (χ4v) is 2.40. The standard InChI is InChI=1S/C20H15NO5/c22-19-11-7-16(8-12-19)15-3-5-17(6-4-15)20(23)26-13-14-1-9-18(10-2-14)21(24)25/h1-12,22H,13H2. The fraction of sp³-hybridized carbons (Fsp3) is 0.0500. The molecule has 0 fully saturated rings. The van der Waals surface area contributed by atoms with Gasteiger partial charge in [0.25, 0.3) is 5.69 Å². The monoisotopic (exact) mass is 349 g/mol. The molecule has 0 aliphatic rings. The maximum atomic E-state index is 12.1. The van der Waals surface area contributed by atoms with Crippen LogP contribution in [-0.2, 0) is 11.3 Å². The number of hydrogen-bond donors (Lipinski definition) is 1. The molecule has 0 spiro atoms. The summed E-state index contributed by atoms with van der Waals surface area (Å²) in [4.78, 5) is 22.3. The van der Waals surface area contributed by atoms with E-state index >= 15 is 0 Å². The van der Waals surface area contributed by atoms with E-state index in [1.165, 1.54) is 12.1 Å². The maximum Gasteiger partial charge on any atom is 0.338 e. The third kappa shape index (κ3) is 4.05. The second-order valence-electron chi connectivity index (χ2n) is 5.62. The zero-order chi connectivity index (χ0) is 18.5. The van der Waals surface area contributed by atoms with Crippen LogP contribution in [0.15, 0.2) is 72.8 Å². The summed E-state index contributed by atoms with van der Waals surface area (Å²) < 4.78 is 5.23. The van der Waals surface area contributed by atoms with Crippen LogP contribution in [0, 0.1) is 10.1 Å². The van der Waals surface area contributed by atoms with Crippen LogP contribution in [0.3, 0.4) is 0 Å². The number of carbonyl (C=O) groups excluding carboxylic acids is 1. The molecule has 6 nitrogen and oxygen atoms in total. The minimum Gasteiger partial charge on any atom is -0.508 e. The van der Waals surface area contributed by atoms with E-state index in [2.05, 4.69) is 0 Å². The Morgan fingerprint density at radius 3 is 1.96 bits per heavy atom. The Morgan fingerprint density at radius 2 is 1.42 bits per heavy atom. The molecule has 0 aliphatic carbocycles. The Hall–Kier alpha value is -3.67. The lowest BCUT2D eigenvalue weighted by Crippen LogP contribution is -2.05. The van der Waals surface area contributed by atoms with E-state index in [1.807, 2.05) is 0 Å². The molecule has 0 heterocycles. The Labute approximate surface area is 149 Å². The normalized spacial score (nSPS) is 10.3. The first-order chi connectivity index (χ1) is 12.5. The van der Waals surface area contributed by atoms with Gasteiger partial charge in [-0.15, -0.1) is 0 Å². The molecule has 6 heteroatoms. The molecular weight excluding hydrogens is 334 g/mol. The van der Waals surface area contributed by atoms with Crippen LogP contribution in [0.25, 0.3) is 11.1 Å². The van der Waals surface area contributed by atoms with Crippen molar-refractivity contribution < 1.29 is 19.6 Å². The van der Waals surface area contributed by atoms with Gasteiger partial charge in [0.15, 0.2) is 0 Å². The molecule has 0 atom stereocenters.